The molecule has 23 heavy (non-hydrogen) atoms. The Hall–Kier alpha value is -1.17. The average molecular weight is 343 g/mol. The molecule has 0 fully saturated rings. The molecule has 0 spiro atoms. The van der Waals surface area contributed by atoms with Crippen LogP contribution >= 0.6 is 0 Å². The molecule has 2 unspecified atom stereocenters. The van der Waals surface area contributed by atoms with Crippen LogP contribution in [0.5, 0.6) is 0 Å². The second-order valence-corrected chi connectivity index (χ2v) is 14.7. The van der Waals surface area contributed by atoms with E-state index in [1.54, 1.807) is 0 Å². The van der Waals surface area contributed by atoms with Crippen LogP contribution in [0.15, 0.2) is 60.7 Å². The van der Waals surface area contributed by atoms with Gasteiger partial charge in [-0.3, -0.25) is 0 Å². The molecule has 0 saturated heterocycles. The Morgan fingerprint density at radius 1 is 0.652 bits per heavy atom. The summed E-state index contributed by atoms with van der Waals surface area (Å²) in [6, 6.07) is 24.3. The van der Waals surface area contributed by atoms with E-state index >= 15 is 0 Å². The molecule has 2 rings (SSSR count). The van der Waals surface area contributed by atoms with Crippen molar-refractivity contribution in [1.29, 1.82) is 0 Å². The zero-order chi connectivity index (χ0) is 16.8. The molecule has 2 atom stereocenters. The SMILES string of the molecule is CCC[Si](C)(O[Si](C)(CCC)c1ccccc1)c1ccccc1. The smallest absolute Gasteiger partial charge is 0.209 e. The van der Waals surface area contributed by atoms with Crippen LogP contribution in [0.2, 0.25) is 25.2 Å². The lowest BCUT2D eigenvalue weighted by molar-refractivity contribution is 0.548. The molecule has 0 saturated carbocycles. The van der Waals surface area contributed by atoms with E-state index in [2.05, 4.69) is 87.6 Å². The van der Waals surface area contributed by atoms with Crippen molar-refractivity contribution in [3.8, 4) is 0 Å². The van der Waals surface area contributed by atoms with Gasteiger partial charge in [0.15, 0.2) is 0 Å². The summed E-state index contributed by atoms with van der Waals surface area (Å²) < 4.78 is 7.16. The Morgan fingerprint density at radius 3 is 1.30 bits per heavy atom. The van der Waals surface area contributed by atoms with E-state index in [0.717, 1.165) is 0 Å². The van der Waals surface area contributed by atoms with Crippen LogP contribution in [-0.4, -0.2) is 16.6 Å². The molecule has 0 aliphatic rings. The minimum Gasteiger partial charge on any atom is -0.448 e. The maximum Gasteiger partial charge on any atom is 0.209 e. The van der Waals surface area contributed by atoms with Gasteiger partial charge in [0.1, 0.15) is 0 Å². The topological polar surface area (TPSA) is 9.23 Å². The van der Waals surface area contributed by atoms with Crippen LogP contribution < -0.4 is 10.4 Å². The molecular formula is C20H30OSi2. The van der Waals surface area contributed by atoms with Gasteiger partial charge in [0.25, 0.3) is 0 Å². The summed E-state index contributed by atoms with van der Waals surface area (Å²) >= 11 is 0. The van der Waals surface area contributed by atoms with Gasteiger partial charge >= 0.3 is 0 Å². The van der Waals surface area contributed by atoms with Gasteiger partial charge in [0.2, 0.25) is 16.6 Å². The molecule has 0 heterocycles. The number of rotatable bonds is 8. The summed E-state index contributed by atoms with van der Waals surface area (Å²) in [6.07, 6.45) is 2.37. The van der Waals surface area contributed by atoms with Gasteiger partial charge in [-0.25, -0.2) is 0 Å². The lowest BCUT2D eigenvalue weighted by Gasteiger charge is -2.39. The molecule has 0 aliphatic carbocycles. The van der Waals surface area contributed by atoms with Gasteiger partial charge < -0.3 is 4.12 Å². The average Bonchev–Trinajstić information content (AvgIpc) is 2.57. The fourth-order valence-electron chi connectivity index (χ4n) is 3.54. The van der Waals surface area contributed by atoms with E-state index in [-0.39, 0.29) is 0 Å². The van der Waals surface area contributed by atoms with Gasteiger partial charge in [-0.2, -0.15) is 0 Å². The van der Waals surface area contributed by atoms with Gasteiger partial charge in [-0.1, -0.05) is 87.4 Å². The first-order valence-electron chi connectivity index (χ1n) is 8.85. The fourth-order valence-corrected chi connectivity index (χ4v) is 13.6. The standard InChI is InChI=1S/C20H30OSi2/c1-5-17-22(3,19-13-9-7-10-14-19)21-23(4,18-6-2)20-15-11-8-12-16-20/h7-16H,5-6,17-18H2,1-4H3. The zero-order valence-corrected chi connectivity index (χ0v) is 17.0. The Balaban J connectivity index is 2.39. The lowest BCUT2D eigenvalue weighted by Crippen LogP contribution is -2.60. The lowest BCUT2D eigenvalue weighted by atomic mass is 10.4. The molecule has 0 aliphatic heterocycles. The van der Waals surface area contributed by atoms with Gasteiger partial charge in [0, 0.05) is 0 Å². The predicted molar refractivity (Wildman–Crippen MR) is 107 cm³/mol. The highest BCUT2D eigenvalue weighted by atomic mass is 28.4. The molecule has 124 valence electrons. The van der Waals surface area contributed by atoms with Crippen LogP contribution in [0, 0.1) is 0 Å². The van der Waals surface area contributed by atoms with Crippen molar-refractivity contribution in [2.45, 2.75) is 51.9 Å². The van der Waals surface area contributed by atoms with E-state index in [1.807, 2.05) is 0 Å². The minimum absolute atomic E-state index is 1.18. The van der Waals surface area contributed by atoms with Crippen molar-refractivity contribution >= 4 is 27.0 Å². The first-order chi connectivity index (χ1) is 11.0. The van der Waals surface area contributed by atoms with Crippen molar-refractivity contribution in [2.75, 3.05) is 0 Å². The van der Waals surface area contributed by atoms with Crippen molar-refractivity contribution < 1.29 is 4.12 Å². The predicted octanol–water partition coefficient (Wildman–Crippen LogP) is 4.79. The van der Waals surface area contributed by atoms with Crippen LogP contribution in [0.25, 0.3) is 0 Å². The van der Waals surface area contributed by atoms with E-state index < -0.39 is 16.6 Å². The molecule has 2 aromatic carbocycles. The van der Waals surface area contributed by atoms with Crippen molar-refractivity contribution in [2.24, 2.45) is 0 Å². The van der Waals surface area contributed by atoms with Crippen molar-refractivity contribution in [3.63, 3.8) is 0 Å². The Labute approximate surface area is 144 Å². The third-order valence-electron chi connectivity index (χ3n) is 4.67. The van der Waals surface area contributed by atoms with E-state index in [4.69, 9.17) is 4.12 Å². The summed E-state index contributed by atoms with van der Waals surface area (Å²) in [5.74, 6) is 0. The van der Waals surface area contributed by atoms with Crippen LogP contribution in [0.1, 0.15) is 26.7 Å². The molecule has 0 bridgehead atoms. The normalized spacial score (nSPS) is 16.5. The Kier molecular flexibility index (Phi) is 6.39. The van der Waals surface area contributed by atoms with Crippen molar-refractivity contribution in [1.82, 2.24) is 0 Å². The molecule has 0 amide bonds. The minimum atomic E-state index is -1.92. The third-order valence-corrected chi connectivity index (χ3v) is 14.3. The zero-order valence-electron chi connectivity index (χ0n) is 15.0. The first-order valence-corrected chi connectivity index (χ1v) is 14.1. The molecule has 1 nitrogen and oxygen atoms in total. The van der Waals surface area contributed by atoms with E-state index in [1.165, 1.54) is 35.3 Å². The van der Waals surface area contributed by atoms with Crippen molar-refractivity contribution in [3.05, 3.63) is 60.7 Å². The summed E-state index contributed by atoms with van der Waals surface area (Å²) in [6.45, 7) is 9.38. The van der Waals surface area contributed by atoms with Crippen LogP contribution in [0.3, 0.4) is 0 Å². The molecule has 2 aromatic rings. The summed E-state index contributed by atoms with van der Waals surface area (Å²) in [7, 11) is -3.84. The first kappa shape index (κ1) is 18.2. The molecule has 0 radical (unpaired) electrons. The molecule has 0 aromatic heterocycles. The second kappa shape index (κ2) is 8.09. The quantitative estimate of drug-likeness (QED) is 0.627. The maximum atomic E-state index is 7.16. The number of hydrogen-bond donors (Lipinski definition) is 0. The summed E-state index contributed by atoms with van der Waals surface area (Å²) in [4.78, 5) is 0. The Bertz CT molecular complexity index is 534. The summed E-state index contributed by atoms with van der Waals surface area (Å²) in [5.41, 5.74) is 0. The number of hydrogen-bond acceptors (Lipinski definition) is 1. The highest BCUT2D eigenvalue weighted by Gasteiger charge is 2.41. The fraction of sp³-hybridized carbons (Fsp3) is 0.400. The highest BCUT2D eigenvalue weighted by molar-refractivity contribution is 6.97. The largest absolute Gasteiger partial charge is 0.448 e. The van der Waals surface area contributed by atoms with E-state index in [9.17, 15) is 0 Å². The third kappa shape index (κ3) is 4.43. The van der Waals surface area contributed by atoms with E-state index in [0.29, 0.717) is 0 Å². The van der Waals surface area contributed by atoms with Gasteiger partial charge in [0.05, 0.1) is 0 Å². The Morgan fingerprint density at radius 2 is 1.00 bits per heavy atom. The summed E-state index contributed by atoms with van der Waals surface area (Å²) in [5, 5.41) is 2.88. The maximum absolute atomic E-state index is 7.16. The molecular weight excluding hydrogens is 312 g/mol. The highest BCUT2D eigenvalue weighted by Crippen LogP contribution is 2.24. The monoisotopic (exact) mass is 342 g/mol. The van der Waals surface area contributed by atoms with Crippen LogP contribution in [0.4, 0.5) is 0 Å². The van der Waals surface area contributed by atoms with Gasteiger partial charge in [-0.15, -0.1) is 0 Å². The molecule has 0 N–H and O–H groups in total. The molecule has 3 heteroatoms. The van der Waals surface area contributed by atoms with Crippen LogP contribution in [-0.2, 0) is 4.12 Å². The second-order valence-electron chi connectivity index (χ2n) is 6.80. The van der Waals surface area contributed by atoms with Gasteiger partial charge in [-0.05, 0) is 35.6 Å². The number of benzene rings is 2.